The number of nitrogens with zero attached hydrogens (tertiary/aromatic N) is 1. The summed E-state index contributed by atoms with van der Waals surface area (Å²) in [5.74, 6) is -2.05. The Labute approximate surface area is 228 Å². The van der Waals surface area contributed by atoms with Crippen molar-refractivity contribution in [3.05, 3.63) is 69.7 Å². The molecular formula is C27H33Cl2NO6S. The highest BCUT2D eigenvalue weighted by atomic mass is 35.5. The van der Waals surface area contributed by atoms with E-state index < -0.39 is 57.8 Å². The Morgan fingerprint density at radius 1 is 1.08 bits per heavy atom. The number of hydrogen-bond donors (Lipinski definition) is 1. The number of carboxylic acids is 1. The van der Waals surface area contributed by atoms with Crippen molar-refractivity contribution >= 4 is 44.9 Å². The van der Waals surface area contributed by atoms with Crippen LogP contribution in [0.1, 0.15) is 63.8 Å². The van der Waals surface area contributed by atoms with Crippen molar-refractivity contribution in [3.63, 3.8) is 0 Å². The minimum Gasteiger partial charge on any atom is -0.481 e. The van der Waals surface area contributed by atoms with Gasteiger partial charge in [-0.25, -0.2) is 8.42 Å². The average Bonchev–Trinajstić information content (AvgIpc) is 2.77. The summed E-state index contributed by atoms with van der Waals surface area (Å²) in [5.41, 5.74) is 0.868. The number of benzene rings is 2. The van der Waals surface area contributed by atoms with E-state index in [1.54, 1.807) is 48.5 Å². The molecule has 0 unspecified atom stereocenters. The highest BCUT2D eigenvalue weighted by molar-refractivity contribution is 7.91. The Morgan fingerprint density at radius 3 is 2.27 bits per heavy atom. The minimum atomic E-state index is -3.56. The highest BCUT2D eigenvalue weighted by Gasteiger charge is 2.48. The van der Waals surface area contributed by atoms with Crippen LogP contribution in [0.5, 0.6) is 0 Å². The molecule has 1 heterocycles. The van der Waals surface area contributed by atoms with Gasteiger partial charge in [-0.3, -0.25) is 9.59 Å². The second-order valence-electron chi connectivity index (χ2n) is 10.6. The van der Waals surface area contributed by atoms with Crippen molar-refractivity contribution < 1.29 is 27.9 Å². The third-order valence-electron chi connectivity index (χ3n) is 6.14. The van der Waals surface area contributed by atoms with Gasteiger partial charge in [0.1, 0.15) is 12.2 Å². The molecule has 1 amide bonds. The van der Waals surface area contributed by atoms with Gasteiger partial charge in [-0.2, -0.15) is 0 Å². The Bertz CT molecular complexity index is 1230. The summed E-state index contributed by atoms with van der Waals surface area (Å²) in [6, 6.07) is 12.4. The molecule has 1 saturated heterocycles. The standard InChI is InChI=1S/C27H33Cl2NO6S/c1-5-21(15-37(34,35)16-27(2,3)4)30-24(17-9-11-19(28)12-10-17)25(18-7-6-8-20(29)13-18)36-22(26(30)33)14-23(31)32/h6-13,21-22,24-25H,5,14-16H2,1-4H3,(H,31,32)/t21-,22+,24-,25-/m1/s1. The van der Waals surface area contributed by atoms with Crippen LogP contribution in [-0.2, 0) is 24.2 Å². The Hall–Kier alpha value is -2.13. The van der Waals surface area contributed by atoms with Crippen molar-refractivity contribution in [2.75, 3.05) is 11.5 Å². The highest BCUT2D eigenvalue weighted by Crippen LogP contribution is 2.45. The lowest BCUT2D eigenvalue weighted by molar-refractivity contribution is -0.182. The number of rotatable bonds is 9. The molecule has 0 aromatic heterocycles. The SMILES string of the molecule is CC[C@H](CS(=O)(=O)CC(C)(C)C)N1C(=O)[C@H](CC(=O)O)O[C@H](c2cccc(Cl)c2)[C@H]1c1ccc(Cl)cc1. The quantitative estimate of drug-likeness (QED) is 0.414. The molecular weight excluding hydrogens is 537 g/mol. The zero-order valence-corrected chi connectivity index (χ0v) is 23.7. The third kappa shape index (κ3) is 7.69. The number of carbonyl (C=O) groups excluding carboxylic acids is 1. The molecule has 2 aromatic rings. The Morgan fingerprint density at radius 2 is 1.73 bits per heavy atom. The molecule has 202 valence electrons. The molecule has 0 aliphatic carbocycles. The van der Waals surface area contributed by atoms with Gasteiger partial charge in [0.25, 0.3) is 5.91 Å². The molecule has 1 fully saturated rings. The van der Waals surface area contributed by atoms with Gasteiger partial charge in [0, 0.05) is 16.1 Å². The molecule has 4 atom stereocenters. The number of hydrogen-bond acceptors (Lipinski definition) is 5. The average molecular weight is 571 g/mol. The number of aliphatic carboxylic acids is 1. The van der Waals surface area contributed by atoms with Crippen LogP contribution in [-0.4, -0.2) is 54.0 Å². The second kappa shape index (κ2) is 11.7. The summed E-state index contributed by atoms with van der Waals surface area (Å²) in [4.78, 5) is 27.0. The number of halogens is 2. The van der Waals surface area contributed by atoms with Gasteiger partial charge in [0.05, 0.1) is 24.0 Å². The van der Waals surface area contributed by atoms with E-state index in [2.05, 4.69) is 0 Å². The topological polar surface area (TPSA) is 101 Å². The number of carboxylic acid groups (broad SMARTS) is 1. The molecule has 2 aromatic carbocycles. The van der Waals surface area contributed by atoms with Gasteiger partial charge < -0.3 is 14.7 Å². The van der Waals surface area contributed by atoms with Crippen LogP contribution in [0.2, 0.25) is 10.0 Å². The number of carbonyl (C=O) groups is 2. The smallest absolute Gasteiger partial charge is 0.306 e. The molecule has 0 radical (unpaired) electrons. The maximum atomic E-state index is 13.8. The summed E-state index contributed by atoms with van der Waals surface area (Å²) >= 11 is 12.4. The second-order valence-corrected chi connectivity index (χ2v) is 13.6. The molecule has 3 rings (SSSR count). The van der Waals surface area contributed by atoms with Crippen LogP contribution < -0.4 is 0 Å². The van der Waals surface area contributed by atoms with Crippen LogP contribution in [0.4, 0.5) is 0 Å². The molecule has 1 aliphatic rings. The van der Waals surface area contributed by atoms with Crippen molar-refractivity contribution in [1.29, 1.82) is 0 Å². The number of morpholine rings is 1. The zero-order valence-electron chi connectivity index (χ0n) is 21.4. The predicted molar refractivity (Wildman–Crippen MR) is 145 cm³/mol. The van der Waals surface area contributed by atoms with E-state index >= 15 is 0 Å². The van der Waals surface area contributed by atoms with E-state index in [4.69, 9.17) is 27.9 Å². The molecule has 1 N–H and O–H groups in total. The largest absolute Gasteiger partial charge is 0.481 e. The monoisotopic (exact) mass is 569 g/mol. The first-order valence-corrected chi connectivity index (χ1v) is 14.7. The van der Waals surface area contributed by atoms with Crippen LogP contribution >= 0.6 is 23.2 Å². The molecule has 7 nitrogen and oxygen atoms in total. The zero-order chi connectivity index (χ0) is 27.5. The van der Waals surface area contributed by atoms with Gasteiger partial charge in [0.15, 0.2) is 9.84 Å². The summed E-state index contributed by atoms with van der Waals surface area (Å²) in [7, 11) is -3.56. The fraction of sp³-hybridized carbons (Fsp3) is 0.481. The number of ether oxygens (including phenoxy) is 1. The fourth-order valence-electron chi connectivity index (χ4n) is 4.81. The van der Waals surface area contributed by atoms with Crippen molar-refractivity contribution in [2.45, 2.75) is 64.8 Å². The van der Waals surface area contributed by atoms with Gasteiger partial charge >= 0.3 is 5.97 Å². The van der Waals surface area contributed by atoms with E-state index in [-0.39, 0.29) is 11.5 Å². The summed E-state index contributed by atoms with van der Waals surface area (Å²) in [6.07, 6.45) is -2.28. The van der Waals surface area contributed by atoms with Crippen LogP contribution in [0.15, 0.2) is 48.5 Å². The first kappa shape index (κ1) is 29.4. The van der Waals surface area contributed by atoms with E-state index in [9.17, 15) is 23.1 Å². The Balaban J connectivity index is 2.17. The molecule has 0 bridgehead atoms. The fourth-order valence-corrected chi connectivity index (χ4v) is 7.55. The van der Waals surface area contributed by atoms with Gasteiger partial charge in [-0.1, -0.05) is 75.2 Å². The molecule has 1 aliphatic heterocycles. The normalized spacial score (nSPS) is 21.6. The van der Waals surface area contributed by atoms with E-state index in [0.29, 0.717) is 27.6 Å². The third-order valence-corrected chi connectivity index (χ3v) is 8.83. The maximum absolute atomic E-state index is 13.8. The van der Waals surface area contributed by atoms with Gasteiger partial charge in [0.2, 0.25) is 0 Å². The van der Waals surface area contributed by atoms with Crippen molar-refractivity contribution in [1.82, 2.24) is 4.90 Å². The van der Waals surface area contributed by atoms with E-state index in [1.165, 1.54) is 4.90 Å². The van der Waals surface area contributed by atoms with Crippen LogP contribution in [0.25, 0.3) is 0 Å². The lowest BCUT2D eigenvalue weighted by atomic mass is 9.89. The van der Waals surface area contributed by atoms with Crippen molar-refractivity contribution in [2.24, 2.45) is 5.41 Å². The number of amides is 1. The Kier molecular flexibility index (Phi) is 9.32. The first-order valence-electron chi connectivity index (χ1n) is 12.1. The summed E-state index contributed by atoms with van der Waals surface area (Å²) < 4.78 is 32.6. The van der Waals surface area contributed by atoms with E-state index in [1.807, 2.05) is 27.7 Å². The maximum Gasteiger partial charge on any atom is 0.306 e. The van der Waals surface area contributed by atoms with E-state index in [0.717, 1.165) is 0 Å². The summed E-state index contributed by atoms with van der Waals surface area (Å²) in [5, 5.41) is 10.5. The predicted octanol–water partition coefficient (Wildman–Crippen LogP) is 5.72. The van der Waals surface area contributed by atoms with Gasteiger partial charge in [-0.05, 0) is 47.2 Å². The van der Waals surface area contributed by atoms with Gasteiger partial charge in [-0.15, -0.1) is 0 Å². The molecule has 10 heteroatoms. The summed E-state index contributed by atoms with van der Waals surface area (Å²) in [6.45, 7) is 7.36. The van der Waals surface area contributed by atoms with Crippen LogP contribution in [0.3, 0.4) is 0 Å². The molecule has 37 heavy (non-hydrogen) atoms. The lowest BCUT2D eigenvalue weighted by Crippen LogP contribution is -2.56. The lowest BCUT2D eigenvalue weighted by Gasteiger charge is -2.48. The molecule has 0 saturated carbocycles. The molecule has 0 spiro atoms. The van der Waals surface area contributed by atoms with Crippen LogP contribution in [0, 0.1) is 5.41 Å². The first-order chi connectivity index (χ1) is 17.2. The number of sulfone groups is 1. The minimum absolute atomic E-state index is 0.0447. The van der Waals surface area contributed by atoms with Crippen molar-refractivity contribution in [3.8, 4) is 0 Å².